The standard InChI is InChI=1S/C29H31F4N3O2/c1-28(2,3)34-18-21-9-15-25(16-10-21)36(27(38)29(31,32)33)19-24(17-20-7-5-4-6-8-20)35-26(37)22-11-13-23(30)14-12-22/h4-16,24,34H,17-19H2,1-3H3,(H,35,37)/t24-/m0/s1. The predicted molar refractivity (Wildman–Crippen MR) is 139 cm³/mol. The van der Waals surface area contributed by atoms with E-state index >= 15 is 0 Å². The van der Waals surface area contributed by atoms with Crippen molar-refractivity contribution < 1.29 is 27.2 Å². The third-order valence-electron chi connectivity index (χ3n) is 5.73. The van der Waals surface area contributed by atoms with E-state index in [4.69, 9.17) is 0 Å². The monoisotopic (exact) mass is 529 g/mol. The number of rotatable bonds is 9. The topological polar surface area (TPSA) is 61.4 Å². The van der Waals surface area contributed by atoms with Crippen molar-refractivity contribution in [3.8, 4) is 0 Å². The van der Waals surface area contributed by atoms with E-state index in [1.807, 2.05) is 20.8 Å². The van der Waals surface area contributed by atoms with Gasteiger partial charge in [-0.15, -0.1) is 0 Å². The lowest BCUT2D eigenvalue weighted by Gasteiger charge is -2.29. The molecule has 0 spiro atoms. The normalized spacial score (nSPS) is 12.6. The number of carbonyl (C=O) groups is 2. The van der Waals surface area contributed by atoms with Gasteiger partial charge < -0.3 is 15.5 Å². The fourth-order valence-electron chi connectivity index (χ4n) is 3.77. The molecule has 3 rings (SSSR count). The minimum absolute atomic E-state index is 0.0564. The molecule has 0 aliphatic carbocycles. The highest BCUT2D eigenvalue weighted by atomic mass is 19.4. The minimum atomic E-state index is -5.12. The second kappa shape index (κ2) is 12.2. The number of alkyl halides is 3. The Morgan fingerprint density at radius 2 is 1.45 bits per heavy atom. The lowest BCUT2D eigenvalue weighted by molar-refractivity contribution is -0.170. The van der Waals surface area contributed by atoms with E-state index in [1.54, 1.807) is 42.5 Å². The van der Waals surface area contributed by atoms with E-state index in [9.17, 15) is 27.2 Å². The van der Waals surface area contributed by atoms with Crippen LogP contribution in [0.2, 0.25) is 0 Å². The molecule has 2 amide bonds. The molecule has 2 N–H and O–H groups in total. The molecule has 3 aromatic carbocycles. The summed E-state index contributed by atoms with van der Waals surface area (Å²) in [6.07, 6.45) is -4.95. The molecule has 1 atom stereocenters. The van der Waals surface area contributed by atoms with E-state index in [2.05, 4.69) is 10.6 Å². The first-order valence-corrected chi connectivity index (χ1v) is 12.1. The number of amides is 2. The van der Waals surface area contributed by atoms with Crippen molar-refractivity contribution in [2.24, 2.45) is 0 Å². The molecule has 0 aromatic heterocycles. The first-order chi connectivity index (χ1) is 17.8. The summed E-state index contributed by atoms with van der Waals surface area (Å²) in [6.45, 7) is 6.07. The van der Waals surface area contributed by atoms with Gasteiger partial charge in [-0.1, -0.05) is 42.5 Å². The predicted octanol–water partition coefficient (Wildman–Crippen LogP) is 5.65. The number of hydrogen-bond donors (Lipinski definition) is 2. The Bertz CT molecular complexity index is 1210. The fraction of sp³-hybridized carbons (Fsp3) is 0.310. The third kappa shape index (κ3) is 8.69. The van der Waals surface area contributed by atoms with Crippen molar-refractivity contribution >= 4 is 17.5 Å². The van der Waals surface area contributed by atoms with Crippen LogP contribution in [0.3, 0.4) is 0 Å². The summed E-state index contributed by atoms with van der Waals surface area (Å²) < 4.78 is 54.2. The molecule has 0 aliphatic rings. The molecule has 0 bridgehead atoms. The molecule has 0 radical (unpaired) electrons. The first-order valence-electron chi connectivity index (χ1n) is 12.1. The number of halogens is 4. The number of anilines is 1. The molecule has 3 aromatic rings. The highest BCUT2D eigenvalue weighted by Gasteiger charge is 2.43. The van der Waals surface area contributed by atoms with E-state index in [0.717, 1.165) is 23.3 Å². The Kier molecular flexibility index (Phi) is 9.27. The van der Waals surface area contributed by atoms with Crippen molar-refractivity contribution in [3.05, 3.63) is 101 Å². The van der Waals surface area contributed by atoms with Gasteiger partial charge in [0.1, 0.15) is 5.82 Å². The molecule has 5 nitrogen and oxygen atoms in total. The van der Waals surface area contributed by atoms with Crippen molar-refractivity contribution in [2.45, 2.75) is 51.5 Å². The van der Waals surface area contributed by atoms with Gasteiger partial charge in [0.05, 0.1) is 6.04 Å². The number of benzene rings is 3. The van der Waals surface area contributed by atoms with Crippen LogP contribution in [-0.2, 0) is 17.8 Å². The van der Waals surface area contributed by atoms with Crippen molar-refractivity contribution in [1.82, 2.24) is 10.6 Å². The molecule has 0 fully saturated rings. The molecule has 0 saturated heterocycles. The maximum Gasteiger partial charge on any atom is 0.471 e. The fourth-order valence-corrected chi connectivity index (χ4v) is 3.77. The van der Waals surface area contributed by atoms with Crippen LogP contribution in [0.5, 0.6) is 0 Å². The van der Waals surface area contributed by atoms with Crippen molar-refractivity contribution in [2.75, 3.05) is 11.4 Å². The summed E-state index contributed by atoms with van der Waals surface area (Å²) >= 11 is 0. The van der Waals surface area contributed by atoms with Crippen molar-refractivity contribution in [3.63, 3.8) is 0 Å². The van der Waals surface area contributed by atoms with Crippen LogP contribution in [0.25, 0.3) is 0 Å². The second-order valence-corrected chi connectivity index (χ2v) is 10.1. The van der Waals surface area contributed by atoms with Crippen LogP contribution >= 0.6 is 0 Å². The maximum atomic E-state index is 13.6. The van der Waals surface area contributed by atoms with Crippen LogP contribution in [0.15, 0.2) is 78.9 Å². The number of hydrogen-bond acceptors (Lipinski definition) is 3. The van der Waals surface area contributed by atoms with E-state index in [1.165, 1.54) is 24.3 Å². The average molecular weight is 530 g/mol. The SMILES string of the molecule is CC(C)(C)NCc1ccc(N(C[C@H](Cc2ccccc2)NC(=O)c2ccc(F)cc2)C(=O)C(F)(F)F)cc1. The molecule has 0 aliphatic heterocycles. The highest BCUT2D eigenvalue weighted by Crippen LogP contribution is 2.25. The summed E-state index contributed by atoms with van der Waals surface area (Å²) in [6, 6.07) is 19.1. The first kappa shape index (κ1) is 28.8. The highest BCUT2D eigenvalue weighted by molar-refractivity contribution is 5.98. The third-order valence-corrected chi connectivity index (χ3v) is 5.73. The van der Waals surface area contributed by atoms with Crippen LogP contribution in [0.4, 0.5) is 23.2 Å². The van der Waals surface area contributed by atoms with Gasteiger partial charge in [-0.05, 0) is 74.7 Å². The molecule has 9 heteroatoms. The van der Waals surface area contributed by atoms with Gasteiger partial charge in [-0.3, -0.25) is 9.59 Å². The van der Waals surface area contributed by atoms with Gasteiger partial charge in [-0.2, -0.15) is 13.2 Å². The Morgan fingerprint density at radius 1 is 0.842 bits per heavy atom. The number of carbonyl (C=O) groups excluding carboxylic acids is 2. The van der Waals surface area contributed by atoms with Gasteiger partial charge in [0.2, 0.25) is 0 Å². The van der Waals surface area contributed by atoms with Gasteiger partial charge in [0, 0.05) is 29.9 Å². The number of nitrogens with one attached hydrogen (secondary N) is 2. The lowest BCUT2D eigenvalue weighted by atomic mass is 10.0. The Morgan fingerprint density at radius 3 is 2.00 bits per heavy atom. The van der Waals surface area contributed by atoms with Gasteiger partial charge in [0.25, 0.3) is 5.91 Å². The van der Waals surface area contributed by atoms with Crippen LogP contribution in [-0.4, -0.2) is 36.1 Å². The zero-order chi connectivity index (χ0) is 27.9. The van der Waals surface area contributed by atoms with Gasteiger partial charge >= 0.3 is 12.1 Å². The second-order valence-electron chi connectivity index (χ2n) is 10.1. The minimum Gasteiger partial charge on any atom is -0.347 e. The van der Waals surface area contributed by atoms with Gasteiger partial charge in [0.15, 0.2) is 0 Å². The molecule has 0 heterocycles. The molecule has 202 valence electrons. The van der Waals surface area contributed by atoms with Crippen LogP contribution < -0.4 is 15.5 Å². The quantitative estimate of drug-likeness (QED) is 0.352. The van der Waals surface area contributed by atoms with E-state index in [0.29, 0.717) is 11.4 Å². The Hall–Kier alpha value is -3.72. The lowest BCUT2D eigenvalue weighted by Crippen LogP contribution is -2.50. The molecule has 0 saturated carbocycles. The van der Waals surface area contributed by atoms with Crippen molar-refractivity contribution in [1.29, 1.82) is 0 Å². The number of nitrogens with zero attached hydrogens (tertiary/aromatic N) is 1. The summed E-state index contributed by atoms with van der Waals surface area (Å²) in [7, 11) is 0. The summed E-state index contributed by atoms with van der Waals surface area (Å²) in [5.74, 6) is -3.15. The largest absolute Gasteiger partial charge is 0.471 e. The van der Waals surface area contributed by atoms with Crippen LogP contribution in [0.1, 0.15) is 42.3 Å². The van der Waals surface area contributed by atoms with Gasteiger partial charge in [-0.25, -0.2) is 4.39 Å². The Balaban J connectivity index is 1.89. The molecular weight excluding hydrogens is 498 g/mol. The zero-order valence-electron chi connectivity index (χ0n) is 21.5. The molecule has 38 heavy (non-hydrogen) atoms. The molecule has 0 unspecified atom stereocenters. The molecular formula is C29H31F4N3O2. The maximum absolute atomic E-state index is 13.6. The summed E-state index contributed by atoms with van der Waals surface area (Å²) in [5, 5.41) is 6.03. The smallest absolute Gasteiger partial charge is 0.347 e. The summed E-state index contributed by atoms with van der Waals surface area (Å²) in [5.41, 5.74) is 1.66. The summed E-state index contributed by atoms with van der Waals surface area (Å²) in [4.78, 5) is 26.0. The van der Waals surface area contributed by atoms with E-state index < -0.39 is 36.4 Å². The average Bonchev–Trinajstić information content (AvgIpc) is 2.86. The Labute approximate surface area is 219 Å². The van der Waals surface area contributed by atoms with Crippen LogP contribution in [0, 0.1) is 5.82 Å². The zero-order valence-corrected chi connectivity index (χ0v) is 21.5. The van der Waals surface area contributed by atoms with E-state index in [-0.39, 0.29) is 23.2 Å².